The maximum Gasteiger partial charge on any atom is 0.275 e. The number of pyridine rings is 1. The van der Waals surface area contributed by atoms with Crippen molar-refractivity contribution in [2.24, 2.45) is 0 Å². The molecule has 2 aromatic heterocycles. The Labute approximate surface area is 145 Å². The predicted octanol–water partition coefficient (Wildman–Crippen LogP) is 3.98. The van der Waals surface area contributed by atoms with E-state index in [2.05, 4.69) is 32.8 Å². The van der Waals surface area contributed by atoms with Crippen molar-refractivity contribution in [2.75, 3.05) is 6.61 Å². The van der Waals surface area contributed by atoms with E-state index in [4.69, 9.17) is 4.74 Å². The molecule has 0 atom stereocenters. The van der Waals surface area contributed by atoms with Crippen molar-refractivity contribution >= 4 is 37.6 Å². The Balaban J connectivity index is 2.23. The highest BCUT2D eigenvalue weighted by atomic mass is 79.9. The van der Waals surface area contributed by atoms with Crippen molar-refractivity contribution in [2.45, 2.75) is 13.8 Å². The summed E-state index contributed by atoms with van der Waals surface area (Å²) in [6.45, 7) is 4.24. The molecular weight excluding hydrogens is 376 g/mol. The van der Waals surface area contributed by atoms with Gasteiger partial charge in [-0.3, -0.25) is 9.36 Å². The van der Waals surface area contributed by atoms with Gasteiger partial charge in [-0.05, 0) is 60.1 Å². The van der Waals surface area contributed by atoms with Gasteiger partial charge >= 0.3 is 0 Å². The zero-order chi connectivity index (χ0) is 16.4. The number of halogens is 1. The minimum Gasteiger partial charge on any atom is -0.470 e. The Kier molecular flexibility index (Phi) is 4.51. The zero-order valence-electron chi connectivity index (χ0n) is 12.6. The summed E-state index contributed by atoms with van der Waals surface area (Å²) in [5.74, 6) is 5.85. The minimum atomic E-state index is -0.153. The predicted molar refractivity (Wildman–Crippen MR) is 96.6 cm³/mol. The third-order valence-electron chi connectivity index (χ3n) is 3.15. The van der Waals surface area contributed by atoms with Gasteiger partial charge in [-0.25, -0.2) is 0 Å². The number of fused-ring (bicyclic) bond motifs is 1. The molecule has 4 nitrogen and oxygen atoms in total. The number of aromatic nitrogens is 2. The van der Waals surface area contributed by atoms with E-state index in [0.29, 0.717) is 21.9 Å². The van der Waals surface area contributed by atoms with Gasteiger partial charge in [0.2, 0.25) is 0 Å². The fraction of sp³-hybridized carbons (Fsp3) is 0.176. The average Bonchev–Trinajstić information content (AvgIpc) is 2.92. The fourth-order valence-corrected chi connectivity index (χ4v) is 3.66. The van der Waals surface area contributed by atoms with Crippen LogP contribution in [-0.4, -0.2) is 16.2 Å². The zero-order valence-corrected chi connectivity index (χ0v) is 15.0. The van der Waals surface area contributed by atoms with Crippen LogP contribution in [0, 0.1) is 11.8 Å². The first kappa shape index (κ1) is 15.8. The lowest BCUT2D eigenvalue weighted by Gasteiger charge is -2.07. The molecule has 0 radical (unpaired) electrons. The Hall–Kier alpha value is -2.10. The van der Waals surface area contributed by atoms with Crippen LogP contribution in [0.2, 0.25) is 0 Å². The number of benzene rings is 1. The van der Waals surface area contributed by atoms with Gasteiger partial charge in [0.25, 0.3) is 10.8 Å². The average molecular weight is 389 g/mol. The summed E-state index contributed by atoms with van der Waals surface area (Å²) < 4.78 is 8.44. The molecule has 0 aliphatic rings. The van der Waals surface area contributed by atoms with Crippen LogP contribution in [0.3, 0.4) is 0 Å². The molecule has 6 heteroatoms. The molecule has 0 fully saturated rings. The highest BCUT2D eigenvalue weighted by Gasteiger charge is 2.14. The lowest BCUT2D eigenvalue weighted by molar-refractivity contribution is 0.339. The molecule has 3 aromatic rings. The Morgan fingerprint density at radius 2 is 2.09 bits per heavy atom. The molecule has 2 heterocycles. The van der Waals surface area contributed by atoms with E-state index in [1.807, 2.05) is 31.2 Å². The SMILES string of the molecule is CC#Cc1ccc(-n2c(=O)c(Br)cc3sc(OCC)nc32)cc1. The summed E-state index contributed by atoms with van der Waals surface area (Å²) in [7, 11) is 0. The summed E-state index contributed by atoms with van der Waals surface area (Å²) in [5, 5.41) is 0.558. The molecule has 0 spiro atoms. The van der Waals surface area contributed by atoms with Crippen LogP contribution in [0.15, 0.2) is 39.6 Å². The quantitative estimate of drug-likeness (QED) is 0.637. The number of rotatable bonds is 3. The highest BCUT2D eigenvalue weighted by molar-refractivity contribution is 9.10. The Morgan fingerprint density at radius 3 is 2.74 bits per heavy atom. The molecule has 0 bridgehead atoms. The van der Waals surface area contributed by atoms with Crippen molar-refractivity contribution in [3.8, 4) is 22.7 Å². The third kappa shape index (κ3) is 3.03. The first-order chi connectivity index (χ1) is 11.1. The van der Waals surface area contributed by atoms with Gasteiger partial charge in [0, 0.05) is 5.56 Å². The lowest BCUT2D eigenvalue weighted by Crippen LogP contribution is -2.19. The van der Waals surface area contributed by atoms with E-state index in [1.165, 1.54) is 11.3 Å². The second-order valence-corrected chi connectivity index (χ2v) is 6.50. The molecule has 0 aliphatic carbocycles. The maximum absolute atomic E-state index is 12.6. The van der Waals surface area contributed by atoms with E-state index < -0.39 is 0 Å². The largest absolute Gasteiger partial charge is 0.470 e. The highest BCUT2D eigenvalue weighted by Crippen LogP contribution is 2.30. The van der Waals surface area contributed by atoms with Gasteiger partial charge in [0.05, 0.1) is 21.5 Å². The Morgan fingerprint density at radius 1 is 1.35 bits per heavy atom. The number of nitrogens with zero attached hydrogens (tertiary/aromatic N) is 2. The van der Waals surface area contributed by atoms with Gasteiger partial charge in [-0.1, -0.05) is 17.3 Å². The van der Waals surface area contributed by atoms with Crippen molar-refractivity contribution in [3.05, 3.63) is 50.7 Å². The van der Waals surface area contributed by atoms with Gasteiger partial charge < -0.3 is 4.74 Å². The van der Waals surface area contributed by atoms with Crippen molar-refractivity contribution < 1.29 is 4.74 Å². The van der Waals surface area contributed by atoms with Gasteiger partial charge in [0.15, 0.2) is 5.65 Å². The summed E-state index contributed by atoms with van der Waals surface area (Å²) in [4.78, 5) is 17.0. The number of hydrogen-bond donors (Lipinski definition) is 0. The standard InChI is InChI=1S/C17H13BrN2O2S/c1-3-5-11-6-8-12(9-7-11)20-15-14(10-13(18)16(20)21)23-17(19-15)22-4-2/h6-10H,4H2,1-2H3. The van der Waals surface area contributed by atoms with E-state index in [9.17, 15) is 4.79 Å². The smallest absolute Gasteiger partial charge is 0.275 e. The second-order valence-electron chi connectivity index (χ2n) is 4.66. The van der Waals surface area contributed by atoms with Crippen molar-refractivity contribution in [1.29, 1.82) is 0 Å². The number of hydrogen-bond acceptors (Lipinski definition) is 4. The number of ether oxygens (including phenoxy) is 1. The van der Waals surface area contributed by atoms with Crippen LogP contribution < -0.4 is 10.3 Å². The number of thiazole rings is 1. The lowest BCUT2D eigenvalue weighted by atomic mass is 10.2. The minimum absolute atomic E-state index is 0.153. The molecule has 0 amide bonds. The van der Waals surface area contributed by atoms with E-state index in [-0.39, 0.29) is 5.56 Å². The van der Waals surface area contributed by atoms with Crippen LogP contribution in [0.1, 0.15) is 19.4 Å². The van der Waals surface area contributed by atoms with Crippen LogP contribution >= 0.6 is 27.3 Å². The van der Waals surface area contributed by atoms with Crippen molar-refractivity contribution in [1.82, 2.24) is 9.55 Å². The van der Waals surface area contributed by atoms with Crippen LogP contribution in [0.5, 0.6) is 5.19 Å². The normalized spacial score (nSPS) is 10.4. The molecule has 0 saturated heterocycles. The monoisotopic (exact) mass is 388 g/mol. The molecular formula is C17H13BrN2O2S. The van der Waals surface area contributed by atoms with E-state index in [0.717, 1.165) is 16.0 Å². The third-order valence-corrected chi connectivity index (χ3v) is 4.63. The molecule has 0 aliphatic heterocycles. The molecule has 23 heavy (non-hydrogen) atoms. The van der Waals surface area contributed by atoms with E-state index >= 15 is 0 Å². The molecule has 0 N–H and O–H groups in total. The fourth-order valence-electron chi connectivity index (χ4n) is 2.20. The van der Waals surface area contributed by atoms with Crippen LogP contribution in [0.25, 0.3) is 16.0 Å². The molecule has 0 saturated carbocycles. The molecule has 1 aromatic carbocycles. The van der Waals surface area contributed by atoms with Gasteiger partial charge in [-0.15, -0.1) is 5.92 Å². The maximum atomic E-state index is 12.6. The molecule has 0 unspecified atom stereocenters. The van der Waals surface area contributed by atoms with E-state index in [1.54, 1.807) is 17.6 Å². The van der Waals surface area contributed by atoms with Gasteiger partial charge in [-0.2, -0.15) is 4.98 Å². The molecule has 3 rings (SSSR count). The second kappa shape index (κ2) is 6.57. The summed E-state index contributed by atoms with van der Waals surface area (Å²) in [5.41, 5.74) is 2.10. The van der Waals surface area contributed by atoms with Crippen molar-refractivity contribution in [3.63, 3.8) is 0 Å². The Bertz CT molecular complexity index is 978. The van der Waals surface area contributed by atoms with Crippen LogP contribution in [0.4, 0.5) is 0 Å². The summed E-state index contributed by atoms with van der Waals surface area (Å²) in [6, 6.07) is 9.30. The van der Waals surface area contributed by atoms with Crippen LogP contribution in [-0.2, 0) is 0 Å². The van der Waals surface area contributed by atoms with Gasteiger partial charge in [0.1, 0.15) is 0 Å². The first-order valence-electron chi connectivity index (χ1n) is 7.02. The molecule has 116 valence electrons. The topological polar surface area (TPSA) is 44.1 Å². The summed E-state index contributed by atoms with van der Waals surface area (Å²) >= 11 is 4.75. The summed E-state index contributed by atoms with van der Waals surface area (Å²) in [6.07, 6.45) is 0. The first-order valence-corrected chi connectivity index (χ1v) is 8.63.